The lowest BCUT2D eigenvalue weighted by atomic mass is 9.95. The van der Waals surface area contributed by atoms with E-state index in [0.717, 1.165) is 0 Å². The van der Waals surface area contributed by atoms with Crippen LogP contribution in [0.25, 0.3) is 0 Å². The molecule has 10 heteroatoms. The van der Waals surface area contributed by atoms with E-state index in [1.165, 1.54) is 19.2 Å². The van der Waals surface area contributed by atoms with Crippen LogP contribution in [0.1, 0.15) is 18.5 Å². The molecule has 1 atom stereocenters. The molecule has 0 bridgehead atoms. The molecule has 2 aromatic carbocycles. The van der Waals surface area contributed by atoms with Gasteiger partial charge in [0.05, 0.1) is 41.0 Å². The zero-order chi connectivity index (χ0) is 22.6. The molecule has 0 saturated carbocycles. The molecule has 0 saturated heterocycles. The highest BCUT2D eigenvalue weighted by molar-refractivity contribution is 7.91. The molecule has 2 amide bonds. The normalized spacial score (nSPS) is 16.4. The molecule has 0 aliphatic carbocycles. The Labute approximate surface area is 185 Å². The first-order chi connectivity index (χ1) is 14.8. The fraction of sp³-hybridized carbons (Fsp3) is 0.238. The quantitative estimate of drug-likeness (QED) is 0.609. The first kappa shape index (κ1) is 22.6. The van der Waals surface area contributed by atoms with Crippen molar-refractivity contribution in [2.24, 2.45) is 0 Å². The Morgan fingerprint density at radius 1 is 1.16 bits per heavy atom. The molecule has 0 unspecified atom stereocenters. The van der Waals surface area contributed by atoms with E-state index >= 15 is 0 Å². The van der Waals surface area contributed by atoms with Crippen LogP contribution in [0.15, 0.2) is 64.7 Å². The SMILES string of the molecule is CCOC(=O)C1=C(CS(=O)(=O)c2ccccc2Cl)NC(=O)N[C@@H]1c1cccc(OC)c1. The van der Waals surface area contributed by atoms with Crippen LogP contribution in [-0.4, -0.2) is 39.9 Å². The maximum Gasteiger partial charge on any atom is 0.338 e. The number of rotatable bonds is 7. The first-order valence-corrected chi connectivity index (χ1v) is 11.4. The number of esters is 1. The Bertz CT molecular complexity index is 1150. The van der Waals surface area contributed by atoms with E-state index in [9.17, 15) is 18.0 Å². The second-order valence-corrected chi connectivity index (χ2v) is 8.98. The summed E-state index contributed by atoms with van der Waals surface area (Å²) in [6.07, 6.45) is 0. The largest absolute Gasteiger partial charge is 0.497 e. The van der Waals surface area contributed by atoms with Gasteiger partial charge in [0.25, 0.3) is 0 Å². The average molecular weight is 465 g/mol. The Hall–Kier alpha value is -3.04. The molecule has 0 fully saturated rings. The molecule has 2 aromatic rings. The van der Waals surface area contributed by atoms with Crippen LogP contribution in [0, 0.1) is 0 Å². The third-order valence-electron chi connectivity index (χ3n) is 4.58. The number of halogens is 1. The fourth-order valence-electron chi connectivity index (χ4n) is 3.22. The van der Waals surface area contributed by atoms with Crippen molar-refractivity contribution >= 4 is 33.4 Å². The van der Waals surface area contributed by atoms with Crippen LogP contribution < -0.4 is 15.4 Å². The maximum absolute atomic E-state index is 13.0. The van der Waals surface area contributed by atoms with Crippen LogP contribution in [0.4, 0.5) is 4.79 Å². The van der Waals surface area contributed by atoms with Crippen molar-refractivity contribution in [3.8, 4) is 5.75 Å². The van der Waals surface area contributed by atoms with E-state index in [2.05, 4.69) is 10.6 Å². The van der Waals surface area contributed by atoms with Gasteiger partial charge >= 0.3 is 12.0 Å². The van der Waals surface area contributed by atoms with Crippen molar-refractivity contribution < 1.29 is 27.5 Å². The van der Waals surface area contributed by atoms with E-state index in [-0.39, 0.29) is 27.8 Å². The number of urea groups is 1. The van der Waals surface area contributed by atoms with Crippen LogP contribution in [0.3, 0.4) is 0 Å². The summed E-state index contributed by atoms with van der Waals surface area (Å²) in [6.45, 7) is 1.71. The zero-order valence-corrected chi connectivity index (χ0v) is 18.4. The van der Waals surface area contributed by atoms with Gasteiger partial charge in [-0.25, -0.2) is 18.0 Å². The molecule has 164 valence electrons. The number of carbonyl (C=O) groups is 2. The minimum atomic E-state index is -3.98. The molecule has 0 aromatic heterocycles. The monoisotopic (exact) mass is 464 g/mol. The summed E-state index contributed by atoms with van der Waals surface area (Å²) >= 11 is 6.06. The topological polar surface area (TPSA) is 111 Å². The fourth-order valence-corrected chi connectivity index (χ4v) is 5.12. The van der Waals surface area contributed by atoms with Crippen LogP contribution in [0.5, 0.6) is 5.75 Å². The Morgan fingerprint density at radius 3 is 2.58 bits per heavy atom. The molecule has 2 N–H and O–H groups in total. The molecule has 1 aliphatic rings. The number of ether oxygens (including phenoxy) is 2. The first-order valence-electron chi connectivity index (χ1n) is 9.35. The summed E-state index contributed by atoms with van der Waals surface area (Å²) in [6, 6.07) is 11.1. The Balaban J connectivity index is 2.13. The Morgan fingerprint density at radius 2 is 1.90 bits per heavy atom. The summed E-state index contributed by atoms with van der Waals surface area (Å²) in [5.41, 5.74) is 0.449. The lowest BCUT2D eigenvalue weighted by molar-refractivity contribution is -0.139. The van der Waals surface area contributed by atoms with Crippen LogP contribution in [0.2, 0.25) is 5.02 Å². The summed E-state index contributed by atoms with van der Waals surface area (Å²) in [7, 11) is -2.49. The highest BCUT2D eigenvalue weighted by Crippen LogP contribution is 2.31. The van der Waals surface area contributed by atoms with Gasteiger partial charge in [-0.15, -0.1) is 0 Å². The third-order valence-corrected chi connectivity index (χ3v) is 6.72. The zero-order valence-electron chi connectivity index (χ0n) is 16.8. The average Bonchev–Trinajstić information content (AvgIpc) is 2.73. The van der Waals surface area contributed by atoms with Gasteiger partial charge in [0, 0.05) is 5.70 Å². The Kier molecular flexibility index (Phi) is 6.87. The third kappa shape index (κ3) is 5.00. The number of nitrogens with one attached hydrogen (secondary N) is 2. The molecular formula is C21H21ClN2O6S. The van der Waals surface area contributed by atoms with E-state index < -0.39 is 33.6 Å². The molecule has 0 spiro atoms. The van der Waals surface area contributed by atoms with Gasteiger partial charge in [-0.05, 0) is 36.8 Å². The predicted molar refractivity (Wildman–Crippen MR) is 115 cm³/mol. The van der Waals surface area contributed by atoms with Crippen LogP contribution in [-0.2, 0) is 19.4 Å². The number of hydrogen-bond acceptors (Lipinski definition) is 6. The minimum absolute atomic E-state index is 0.00895. The number of carbonyl (C=O) groups excluding carboxylic acids is 2. The van der Waals surface area contributed by atoms with Gasteiger partial charge < -0.3 is 20.1 Å². The van der Waals surface area contributed by atoms with Crippen molar-refractivity contribution in [2.75, 3.05) is 19.5 Å². The molecule has 0 radical (unpaired) electrons. The number of sulfone groups is 1. The van der Waals surface area contributed by atoms with Crippen molar-refractivity contribution in [2.45, 2.75) is 17.9 Å². The standard InChI is InChI=1S/C21H21ClN2O6S/c1-3-30-20(25)18-16(12-31(27,28)17-10-5-4-9-15(17)22)23-21(26)24-19(18)13-7-6-8-14(11-13)29-2/h4-11,19H,3,12H2,1-2H3,(H2,23,24,26)/t19-/m1/s1. The second kappa shape index (κ2) is 9.40. The predicted octanol–water partition coefficient (Wildman–Crippen LogP) is 2.99. The van der Waals surface area contributed by atoms with E-state index in [0.29, 0.717) is 11.3 Å². The lowest BCUT2D eigenvalue weighted by Crippen LogP contribution is -2.47. The van der Waals surface area contributed by atoms with E-state index in [4.69, 9.17) is 21.1 Å². The summed E-state index contributed by atoms with van der Waals surface area (Å²) in [4.78, 5) is 25.1. The molecular weight excluding hydrogens is 444 g/mol. The highest BCUT2D eigenvalue weighted by Gasteiger charge is 2.36. The molecule has 1 heterocycles. The summed E-state index contributed by atoms with van der Waals surface area (Å²) < 4.78 is 36.5. The van der Waals surface area contributed by atoms with E-state index in [1.54, 1.807) is 43.3 Å². The van der Waals surface area contributed by atoms with Gasteiger partial charge in [-0.1, -0.05) is 35.9 Å². The molecule has 8 nitrogen and oxygen atoms in total. The van der Waals surface area contributed by atoms with Gasteiger partial charge in [-0.3, -0.25) is 0 Å². The number of benzene rings is 2. The molecule has 31 heavy (non-hydrogen) atoms. The summed E-state index contributed by atoms with van der Waals surface area (Å²) in [5, 5.41) is 5.16. The van der Waals surface area contributed by atoms with Crippen molar-refractivity contribution in [3.05, 3.63) is 70.4 Å². The van der Waals surface area contributed by atoms with Crippen molar-refractivity contribution in [1.29, 1.82) is 0 Å². The van der Waals surface area contributed by atoms with E-state index in [1.807, 2.05) is 0 Å². The van der Waals surface area contributed by atoms with Crippen LogP contribution >= 0.6 is 11.6 Å². The summed E-state index contributed by atoms with van der Waals surface area (Å²) in [5.74, 6) is -0.871. The highest BCUT2D eigenvalue weighted by atomic mass is 35.5. The van der Waals surface area contributed by atoms with Crippen molar-refractivity contribution in [3.63, 3.8) is 0 Å². The van der Waals surface area contributed by atoms with Gasteiger partial charge in [0.2, 0.25) is 0 Å². The minimum Gasteiger partial charge on any atom is -0.497 e. The number of amides is 2. The smallest absolute Gasteiger partial charge is 0.338 e. The second-order valence-electron chi connectivity index (χ2n) is 6.61. The maximum atomic E-state index is 13.0. The molecule has 1 aliphatic heterocycles. The number of hydrogen-bond donors (Lipinski definition) is 2. The lowest BCUT2D eigenvalue weighted by Gasteiger charge is -2.29. The van der Waals surface area contributed by atoms with Gasteiger partial charge in [-0.2, -0.15) is 0 Å². The van der Waals surface area contributed by atoms with Gasteiger partial charge in [0.1, 0.15) is 5.75 Å². The molecule has 3 rings (SSSR count). The van der Waals surface area contributed by atoms with Gasteiger partial charge in [0.15, 0.2) is 9.84 Å². The van der Waals surface area contributed by atoms with Crippen molar-refractivity contribution in [1.82, 2.24) is 10.6 Å². The number of methoxy groups -OCH3 is 1.